The molecule has 0 spiro atoms. The van der Waals surface area contributed by atoms with Crippen molar-refractivity contribution in [3.05, 3.63) is 24.0 Å². The Bertz CT molecular complexity index is 397. The molecule has 0 radical (unpaired) electrons. The number of carbonyl (C=O) groups is 1. The van der Waals surface area contributed by atoms with Crippen molar-refractivity contribution in [3.63, 3.8) is 0 Å². The van der Waals surface area contributed by atoms with E-state index in [-0.39, 0.29) is 18.3 Å². The molecule has 1 aromatic heterocycles. The molecule has 0 aromatic carbocycles. The van der Waals surface area contributed by atoms with E-state index in [9.17, 15) is 4.79 Å². The van der Waals surface area contributed by atoms with Crippen LogP contribution in [-0.4, -0.2) is 27.9 Å². The minimum atomic E-state index is 0. The van der Waals surface area contributed by atoms with Gasteiger partial charge in [-0.2, -0.15) is 0 Å². The van der Waals surface area contributed by atoms with Crippen molar-refractivity contribution in [2.45, 2.75) is 45.2 Å². The molecule has 1 saturated heterocycles. The summed E-state index contributed by atoms with van der Waals surface area (Å²) in [5.41, 5.74) is 6.64. The molecule has 1 aliphatic rings. The molecule has 4 nitrogen and oxygen atoms in total. The second-order valence-electron chi connectivity index (χ2n) is 4.82. The number of nitrogens with two attached hydrogens (primary N) is 1. The third kappa shape index (κ3) is 2.93. The van der Waals surface area contributed by atoms with Gasteiger partial charge in [0, 0.05) is 12.1 Å². The van der Waals surface area contributed by atoms with Gasteiger partial charge in [0.25, 0.3) is 5.91 Å². The molecule has 2 heterocycles. The number of piperidine rings is 1. The molecule has 1 amide bonds. The van der Waals surface area contributed by atoms with E-state index in [0.29, 0.717) is 23.5 Å². The predicted octanol–water partition coefficient (Wildman–Crippen LogP) is 2.49. The lowest BCUT2D eigenvalue weighted by molar-refractivity contribution is 0.0504. The highest BCUT2D eigenvalue weighted by Gasteiger charge is 2.30. The molecule has 2 atom stereocenters. The average Bonchev–Trinajstić information content (AvgIpc) is 2.29. The number of carbonyl (C=O) groups excluding carboxylic acids is 1. The van der Waals surface area contributed by atoms with Crippen molar-refractivity contribution in [1.82, 2.24) is 9.88 Å². The summed E-state index contributed by atoms with van der Waals surface area (Å²) in [6.07, 6.45) is 4.88. The first-order valence-electron chi connectivity index (χ1n) is 6.14. The van der Waals surface area contributed by atoms with Gasteiger partial charge in [0.05, 0.1) is 11.9 Å². The van der Waals surface area contributed by atoms with Gasteiger partial charge >= 0.3 is 0 Å². The summed E-state index contributed by atoms with van der Waals surface area (Å²) in [4.78, 5) is 18.4. The van der Waals surface area contributed by atoms with Gasteiger partial charge in [0.15, 0.2) is 0 Å². The van der Waals surface area contributed by atoms with E-state index in [4.69, 9.17) is 5.73 Å². The summed E-state index contributed by atoms with van der Waals surface area (Å²) in [6.45, 7) is 4.20. The number of pyridine rings is 1. The molecule has 0 bridgehead atoms. The monoisotopic (exact) mass is 269 g/mol. The first-order chi connectivity index (χ1) is 8.09. The third-order valence-electron chi connectivity index (χ3n) is 3.43. The number of aromatic nitrogens is 1. The third-order valence-corrected chi connectivity index (χ3v) is 3.43. The van der Waals surface area contributed by atoms with Crippen molar-refractivity contribution in [1.29, 1.82) is 0 Å². The number of nitrogens with zero attached hydrogens (tertiary/aromatic N) is 2. The number of hydrogen-bond donors (Lipinski definition) is 1. The zero-order valence-electron chi connectivity index (χ0n) is 10.8. The lowest BCUT2D eigenvalue weighted by Gasteiger charge is -2.38. The molecule has 0 saturated carbocycles. The minimum absolute atomic E-state index is 0. The summed E-state index contributed by atoms with van der Waals surface area (Å²) in [5, 5.41) is 0. The molecular weight excluding hydrogens is 250 g/mol. The number of anilines is 1. The number of rotatable bonds is 1. The van der Waals surface area contributed by atoms with Crippen LogP contribution in [0.2, 0.25) is 0 Å². The highest BCUT2D eigenvalue weighted by molar-refractivity contribution is 5.93. The van der Waals surface area contributed by atoms with Crippen LogP contribution in [0.3, 0.4) is 0 Å². The van der Waals surface area contributed by atoms with Gasteiger partial charge in [-0.1, -0.05) is 0 Å². The molecular formula is C13H20ClN3O. The Morgan fingerprint density at radius 2 is 1.94 bits per heavy atom. The molecule has 2 rings (SSSR count). The second kappa shape index (κ2) is 6.05. The molecule has 1 fully saturated rings. The molecule has 100 valence electrons. The maximum atomic E-state index is 12.4. The van der Waals surface area contributed by atoms with Crippen LogP contribution in [0.25, 0.3) is 0 Å². The first-order valence-corrected chi connectivity index (χ1v) is 6.14. The van der Waals surface area contributed by atoms with Crippen molar-refractivity contribution in [3.8, 4) is 0 Å². The van der Waals surface area contributed by atoms with Crippen LogP contribution in [0, 0.1) is 0 Å². The molecule has 0 aliphatic carbocycles. The lowest BCUT2D eigenvalue weighted by Crippen LogP contribution is -2.47. The fourth-order valence-corrected chi connectivity index (χ4v) is 2.49. The topological polar surface area (TPSA) is 59.2 Å². The van der Waals surface area contributed by atoms with E-state index in [1.807, 2.05) is 4.90 Å². The summed E-state index contributed by atoms with van der Waals surface area (Å²) < 4.78 is 0. The van der Waals surface area contributed by atoms with Crippen molar-refractivity contribution < 1.29 is 4.79 Å². The normalized spacial score (nSPS) is 23.3. The highest BCUT2D eigenvalue weighted by atomic mass is 35.5. The smallest absolute Gasteiger partial charge is 0.272 e. The van der Waals surface area contributed by atoms with E-state index >= 15 is 0 Å². The largest absolute Gasteiger partial charge is 0.397 e. The van der Waals surface area contributed by atoms with Crippen LogP contribution < -0.4 is 5.73 Å². The maximum Gasteiger partial charge on any atom is 0.272 e. The fraction of sp³-hybridized carbons (Fsp3) is 0.538. The zero-order valence-corrected chi connectivity index (χ0v) is 11.6. The van der Waals surface area contributed by atoms with Crippen LogP contribution in [0.15, 0.2) is 18.3 Å². The minimum Gasteiger partial charge on any atom is -0.397 e. The van der Waals surface area contributed by atoms with Crippen molar-refractivity contribution in [2.24, 2.45) is 0 Å². The SMILES string of the molecule is CC1CCCC(C)N1C(=O)c1ccc(N)cn1.Cl. The van der Waals surface area contributed by atoms with Crippen LogP contribution in [0.1, 0.15) is 43.6 Å². The van der Waals surface area contributed by atoms with Gasteiger partial charge in [-0.05, 0) is 45.2 Å². The zero-order chi connectivity index (χ0) is 12.4. The van der Waals surface area contributed by atoms with Gasteiger partial charge in [-0.15, -0.1) is 12.4 Å². The van der Waals surface area contributed by atoms with E-state index in [1.54, 1.807) is 12.1 Å². The molecule has 5 heteroatoms. The van der Waals surface area contributed by atoms with Gasteiger partial charge in [0.1, 0.15) is 5.69 Å². The Balaban J connectivity index is 0.00000162. The molecule has 18 heavy (non-hydrogen) atoms. The van der Waals surface area contributed by atoms with Crippen LogP contribution in [-0.2, 0) is 0 Å². The number of hydrogen-bond acceptors (Lipinski definition) is 3. The van der Waals surface area contributed by atoms with Gasteiger partial charge in [0.2, 0.25) is 0 Å². The number of likely N-dealkylation sites (tertiary alicyclic amines) is 1. The summed E-state index contributed by atoms with van der Waals surface area (Å²) >= 11 is 0. The summed E-state index contributed by atoms with van der Waals surface area (Å²) in [7, 11) is 0. The maximum absolute atomic E-state index is 12.4. The van der Waals surface area contributed by atoms with Gasteiger partial charge in [-0.25, -0.2) is 4.98 Å². The molecule has 1 aromatic rings. The van der Waals surface area contributed by atoms with E-state index in [2.05, 4.69) is 18.8 Å². The Morgan fingerprint density at radius 3 is 2.44 bits per heavy atom. The Hall–Kier alpha value is -1.29. The summed E-state index contributed by atoms with van der Waals surface area (Å²) in [6, 6.07) is 4.02. The lowest BCUT2D eigenvalue weighted by atomic mass is 9.97. The van der Waals surface area contributed by atoms with E-state index < -0.39 is 0 Å². The second-order valence-corrected chi connectivity index (χ2v) is 4.82. The Morgan fingerprint density at radius 1 is 1.33 bits per heavy atom. The molecule has 2 unspecified atom stereocenters. The van der Waals surface area contributed by atoms with Crippen LogP contribution in [0.4, 0.5) is 5.69 Å². The number of nitrogen functional groups attached to an aromatic ring is 1. The van der Waals surface area contributed by atoms with Gasteiger partial charge < -0.3 is 10.6 Å². The van der Waals surface area contributed by atoms with Crippen LogP contribution in [0.5, 0.6) is 0 Å². The average molecular weight is 270 g/mol. The van der Waals surface area contributed by atoms with Crippen molar-refractivity contribution >= 4 is 24.0 Å². The van der Waals surface area contributed by atoms with Crippen LogP contribution >= 0.6 is 12.4 Å². The summed E-state index contributed by atoms with van der Waals surface area (Å²) in [5.74, 6) is 0.0182. The Kier molecular flexibility index (Phi) is 4.96. The molecule has 2 N–H and O–H groups in total. The Labute approximate surface area is 114 Å². The quantitative estimate of drug-likeness (QED) is 0.852. The van der Waals surface area contributed by atoms with E-state index in [1.165, 1.54) is 12.6 Å². The first kappa shape index (κ1) is 14.8. The number of amides is 1. The van der Waals surface area contributed by atoms with Crippen molar-refractivity contribution in [2.75, 3.05) is 5.73 Å². The molecule has 1 aliphatic heterocycles. The van der Waals surface area contributed by atoms with Gasteiger partial charge in [-0.3, -0.25) is 4.79 Å². The van der Waals surface area contributed by atoms with E-state index in [0.717, 1.165) is 12.8 Å². The predicted molar refractivity (Wildman–Crippen MR) is 74.8 cm³/mol. The number of halogens is 1. The standard InChI is InChI=1S/C13H19N3O.ClH/c1-9-4-3-5-10(2)16(9)13(17)12-7-6-11(14)8-15-12;/h6-10H,3-5,14H2,1-2H3;1H. The fourth-order valence-electron chi connectivity index (χ4n) is 2.49. The highest BCUT2D eigenvalue weighted by Crippen LogP contribution is 2.24.